The molecule has 0 bridgehead atoms. The normalized spacial score (nSPS) is 10.8. The molecule has 2 heterocycles. The summed E-state index contributed by atoms with van der Waals surface area (Å²) in [6.07, 6.45) is 5.10. The van der Waals surface area contributed by atoms with Crippen molar-refractivity contribution in [3.8, 4) is 5.75 Å². The van der Waals surface area contributed by atoms with Crippen LogP contribution in [0.25, 0.3) is 5.52 Å². The Hall–Kier alpha value is -1.97. The second-order valence-corrected chi connectivity index (χ2v) is 4.41. The van der Waals surface area contributed by atoms with Gasteiger partial charge < -0.3 is 14.4 Å². The fraction of sp³-hybridized carbons (Fsp3) is 0.357. The van der Waals surface area contributed by atoms with Crippen LogP contribution in [0, 0.1) is 0 Å². The smallest absolute Gasteiger partial charge is 0.222 e. The van der Waals surface area contributed by atoms with E-state index < -0.39 is 0 Å². The molecule has 0 radical (unpaired) electrons. The second-order valence-electron chi connectivity index (χ2n) is 4.41. The van der Waals surface area contributed by atoms with Gasteiger partial charge in [0, 0.05) is 32.4 Å². The first-order chi connectivity index (χ1) is 8.63. The third kappa shape index (κ3) is 2.32. The van der Waals surface area contributed by atoms with Gasteiger partial charge in [0.05, 0.1) is 5.52 Å². The number of nitrogens with zero attached hydrogens (tertiary/aromatic N) is 2. The van der Waals surface area contributed by atoms with E-state index in [0.29, 0.717) is 13.0 Å². The molecule has 0 saturated heterocycles. The summed E-state index contributed by atoms with van der Waals surface area (Å²) >= 11 is 0. The van der Waals surface area contributed by atoms with Crippen molar-refractivity contribution in [1.29, 1.82) is 0 Å². The van der Waals surface area contributed by atoms with E-state index in [2.05, 4.69) is 0 Å². The second kappa shape index (κ2) is 5.12. The first-order valence-corrected chi connectivity index (χ1v) is 6.15. The molecule has 1 amide bonds. The summed E-state index contributed by atoms with van der Waals surface area (Å²) in [5.74, 6) is 0.421. The summed E-state index contributed by atoms with van der Waals surface area (Å²) in [6, 6.07) is 5.47. The summed E-state index contributed by atoms with van der Waals surface area (Å²) in [5, 5.41) is 9.86. The zero-order valence-electron chi connectivity index (χ0n) is 10.8. The first kappa shape index (κ1) is 12.5. The van der Waals surface area contributed by atoms with Crippen LogP contribution in [0.5, 0.6) is 5.75 Å². The lowest BCUT2D eigenvalue weighted by molar-refractivity contribution is -0.129. The minimum atomic E-state index is 0.141. The van der Waals surface area contributed by atoms with Gasteiger partial charge in [0.15, 0.2) is 0 Å². The van der Waals surface area contributed by atoms with E-state index in [4.69, 9.17) is 0 Å². The Balaban J connectivity index is 2.15. The zero-order valence-corrected chi connectivity index (χ0v) is 10.8. The Labute approximate surface area is 106 Å². The third-order valence-corrected chi connectivity index (χ3v) is 3.19. The Morgan fingerprint density at radius 1 is 1.39 bits per heavy atom. The molecule has 0 unspecified atom stereocenters. The number of amides is 1. The highest BCUT2D eigenvalue weighted by atomic mass is 16.3. The summed E-state index contributed by atoms with van der Waals surface area (Å²) in [7, 11) is 1.81. The lowest BCUT2D eigenvalue weighted by Gasteiger charge is -2.15. The van der Waals surface area contributed by atoms with Gasteiger partial charge in [-0.15, -0.1) is 0 Å². The molecule has 18 heavy (non-hydrogen) atoms. The maximum Gasteiger partial charge on any atom is 0.222 e. The molecule has 2 aromatic heterocycles. The molecule has 0 spiro atoms. The number of aromatic hydroxyl groups is 1. The van der Waals surface area contributed by atoms with E-state index in [1.165, 1.54) is 0 Å². The third-order valence-electron chi connectivity index (χ3n) is 3.19. The quantitative estimate of drug-likeness (QED) is 0.897. The Bertz CT molecular complexity index is 560. The van der Waals surface area contributed by atoms with Gasteiger partial charge in [-0.1, -0.05) is 6.92 Å². The van der Waals surface area contributed by atoms with Crippen LogP contribution < -0.4 is 0 Å². The number of carbonyl (C=O) groups is 1. The van der Waals surface area contributed by atoms with Gasteiger partial charge in [0.1, 0.15) is 5.75 Å². The van der Waals surface area contributed by atoms with Crippen LogP contribution in [0.4, 0.5) is 0 Å². The monoisotopic (exact) mass is 246 g/mol. The van der Waals surface area contributed by atoms with Gasteiger partial charge in [-0.3, -0.25) is 4.79 Å². The highest BCUT2D eigenvalue weighted by Crippen LogP contribution is 2.23. The number of hydrogen-bond donors (Lipinski definition) is 1. The average molecular weight is 246 g/mol. The molecule has 2 aromatic rings. The zero-order chi connectivity index (χ0) is 13.1. The number of aromatic nitrogens is 1. The van der Waals surface area contributed by atoms with Crippen molar-refractivity contribution in [3.05, 3.63) is 36.2 Å². The molecule has 4 heteroatoms. The molecular formula is C14H18N2O2. The standard InChI is InChI=1S/C14H18N2O2/c1-3-13(18)15(2)9-6-11-7-10-16-8-4-5-12(17)14(11)16/h4-5,7-8,10,17H,3,6,9H2,1-2H3. The van der Waals surface area contributed by atoms with Crippen molar-refractivity contribution in [2.24, 2.45) is 0 Å². The highest BCUT2D eigenvalue weighted by molar-refractivity contribution is 5.75. The molecule has 0 fully saturated rings. The van der Waals surface area contributed by atoms with Gasteiger partial charge in [0.25, 0.3) is 0 Å². The van der Waals surface area contributed by atoms with Gasteiger partial charge in [0.2, 0.25) is 5.91 Å². The molecule has 1 N–H and O–H groups in total. The summed E-state index contributed by atoms with van der Waals surface area (Å²) < 4.78 is 1.90. The van der Waals surface area contributed by atoms with Crippen molar-refractivity contribution in [2.75, 3.05) is 13.6 Å². The van der Waals surface area contributed by atoms with Crippen LogP contribution in [-0.4, -0.2) is 33.9 Å². The molecule has 4 nitrogen and oxygen atoms in total. The van der Waals surface area contributed by atoms with E-state index >= 15 is 0 Å². The van der Waals surface area contributed by atoms with Crippen molar-refractivity contribution in [3.63, 3.8) is 0 Å². The van der Waals surface area contributed by atoms with E-state index in [0.717, 1.165) is 17.5 Å². The lowest BCUT2D eigenvalue weighted by atomic mass is 10.1. The number of fused-ring (bicyclic) bond motifs is 1. The number of likely N-dealkylation sites (N-methyl/N-ethyl adjacent to an activating group) is 1. The van der Waals surface area contributed by atoms with Crippen LogP contribution in [0.1, 0.15) is 18.9 Å². The van der Waals surface area contributed by atoms with Gasteiger partial charge >= 0.3 is 0 Å². The topological polar surface area (TPSA) is 45.0 Å². The average Bonchev–Trinajstić information content (AvgIpc) is 2.79. The first-order valence-electron chi connectivity index (χ1n) is 6.15. The van der Waals surface area contributed by atoms with Gasteiger partial charge in [-0.25, -0.2) is 0 Å². The van der Waals surface area contributed by atoms with Crippen LogP contribution in [-0.2, 0) is 11.2 Å². The number of rotatable bonds is 4. The van der Waals surface area contributed by atoms with Crippen molar-refractivity contribution in [1.82, 2.24) is 9.30 Å². The van der Waals surface area contributed by atoms with E-state index in [-0.39, 0.29) is 11.7 Å². The molecule has 2 rings (SSSR count). The van der Waals surface area contributed by atoms with Gasteiger partial charge in [-0.2, -0.15) is 0 Å². The molecule has 0 aliphatic heterocycles. The van der Waals surface area contributed by atoms with Crippen molar-refractivity contribution in [2.45, 2.75) is 19.8 Å². The highest BCUT2D eigenvalue weighted by Gasteiger charge is 2.10. The van der Waals surface area contributed by atoms with E-state index in [1.54, 1.807) is 17.0 Å². The summed E-state index contributed by atoms with van der Waals surface area (Å²) in [4.78, 5) is 13.2. The molecule has 0 aliphatic carbocycles. The van der Waals surface area contributed by atoms with Crippen LogP contribution in [0.15, 0.2) is 30.6 Å². The van der Waals surface area contributed by atoms with Crippen LogP contribution >= 0.6 is 0 Å². The summed E-state index contributed by atoms with van der Waals surface area (Å²) in [6.45, 7) is 2.53. The van der Waals surface area contributed by atoms with E-state index in [1.807, 2.05) is 36.8 Å². The molecule has 0 saturated carbocycles. The Morgan fingerprint density at radius 3 is 2.89 bits per heavy atom. The predicted octanol–water partition coefficient (Wildman–Crippen LogP) is 2.06. The minimum absolute atomic E-state index is 0.141. The van der Waals surface area contributed by atoms with Crippen LogP contribution in [0.3, 0.4) is 0 Å². The molecule has 0 aliphatic rings. The van der Waals surface area contributed by atoms with Crippen molar-refractivity contribution >= 4 is 11.4 Å². The van der Waals surface area contributed by atoms with Gasteiger partial charge in [-0.05, 0) is 30.2 Å². The number of carbonyl (C=O) groups excluding carboxylic acids is 1. The summed E-state index contributed by atoms with van der Waals surface area (Å²) in [5.41, 5.74) is 1.89. The lowest BCUT2D eigenvalue weighted by Crippen LogP contribution is -2.27. The number of pyridine rings is 1. The maximum absolute atomic E-state index is 11.5. The predicted molar refractivity (Wildman–Crippen MR) is 70.7 cm³/mol. The fourth-order valence-corrected chi connectivity index (χ4v) is 2.10. The maximum atomic E-state index is 11.5. The fourth-order valence-electron chi connectivity index (χ4n) is 2.10. The molecule has 0 aromatic carbocycles. The van der Waals surface area contributed by atoms with Crippen LogP contribution in [0.2, 0.25) is 0 Å². The molecule has 0 atom stereocenters. The Morgan fingerprint density at radius 2 is 2.17 bits per heavy atom. The molecule has 96 valence electrons. The SMILES string of the molecule is CCC(=O)N(C)CCc1ccn2cccc(O)c12. The Kier molecular flexibility index (Phi) is 3.55. The minimum Gasteiger partial charge on any atom is -0.506 e. The number of hydrogen-bond acceptors (Lipinski definition) is 2. The largest absolute Gasteiger partial charge is 0.506 e. The van der Waals surface area contributed by atoms with Crippen molar-refractivity contribution < 1.29 is 9.90 Å². The van der Waals surface area contributed by atoms with E-state index in [9.17, 15) is 9.90 Å². The molecular weight excluding hydrogens is 228 g/mol.